The van der Waals surface area contributed by atoms with Crippen LogP contribution in [0.3, 0.4) is 0 Å². The number of benzene rings is 1. The van der Waals surface area contributed by atoms with Gasteiger partial charge in [-0.1, -0.05) is 13.0 Å². The zero-order chi connectivity index (χ0) is 14.4. The third kappa shape index (κ3) is 4.30. The second kappa shape index (κ2) is 7.76. The number of nitrogens with one attached hydrogen (secondary N) is 1. The molecule has 1 N–H and O–H groups in total. The van der Waals surface area contributed by atoms with E-state index >= 15 is 0 Å². The van der Waals surface area contributed by atoms with Crippen LogP contribution < -0.4 is 10.1 Å². The minimum Gasteiger partial charge on any atom is -0.486 e. The summed E-state index contributed by atoms with van der Waals surface area (Å²) in [4.78, 5) is 4.08. The van der Waals surface area contributed by atoms with Crippen molar-refractivity contribution in [2.24, 2.45) is 0 Å². The Balaban J connectivity index is 2.08. The first-order valence-corrected chi connectivity index (χ1v) is 7.99. The second-order valence-corrected chi connectivity index (χ2v) is 6.03. The van der Waals surface area contributed by atoms with Crippen molar-refractivity contribution < 1.29 is 4.74 Å². The van der Waals surface area contributed by atoms with Crippen molar-refractivity contribution in [3.05, 3.63) is 56.7 Å². The largest absolute Gasteiger partial charge is 0.486 e. The third-order valence-electron chi connectivity index (χ3n) is 2.74. The molecule has 0 aliphatic rings. The molecule has 0 fully saturated rings. The SMILES string of the molecule is CCNCc1cc(Br)c(OCc2cccnc2)c(Br)c1. The fraction of sp³-hybridized carbons (Fsp3) is 0.267. The molecule has 3 nitrogen and oxygen atoms in total. The molecule has 0 atom stereocenters. The van der Waals surface area contributed by atoms with Gasteiger partial charge in [0.2, 0.25) is 0 Å². The monoisotopic (exact) mass is 398 g/mol. The van der Waals surface area contributed by atoms with Crippen LogP contribution in [0.1, 0.15) is 18.1 Å². The summed E-state index contributed by atoms with van der Waals surface area (Å²) in [6.07, 6.45) is 3.56. The number of halogens is 2. The first-order valence-electron chi connectivity index (χ1n) is 6.41. The number of hydrogen-bond acceptors (Lipinski definition) is 3. The predicted octanol–water partition coefficient (Wildman–Crippen LogP) is 4.30. The lowest BCUT2D eigenvalue weighted by molar-refractivity contribution is 0.301. The molecular formula is C15H16Br2N2O. The normalized spacial score (nSPS) is 10.6. The number of hydrogen-bond donors (Lipinski definition) is 1. The first-order chi connectivity index (χ1) is 9.70. The van der Waals surface area contributed by atoms with Gasteiger partial charge >= 0.3 is 0 Å². The highest BCUT2D eigenvalue weighted by atomic mass is 79.9. The molecule has 1 aromatic heterocycles. The molecule has 0 aliphatic carbocycles. The van der Waals surface area contributed by atoms with E-state index in [1.807, 2.05) is 12.1 Å². The number of nitrogens with zero attached hydrogens (tertiary/aromatic N) is 1. The van der Waals surface area contributed by atoms with Gasteiger partial charge < -0.3 is 10.1 Å². The quantitative estimate of drug-likeness (QED) is 0.786. The molecule has 5 heteroatoms. The van der Waals surface area contributed by atoms with Crippen molar-refractivity contribution in [1.82, 2.24) is 10.3 Å². The number of aromatic nitrogens is 1. The molecule has 0 unspecified atom stereocenters. The maximum Gasteiger partial charge on any atom is 0.148 e. The van der Waals surface area contributed by atoms with E-state index in [9.17, 15) is 0 Å². The Bertz CT molecular complexity index is 538. The lowest BCUT2D eigenvalue weighted by Gasteiger charge is -2.12. The van der Waals surface area contributed by atoms with Crippen LogP contribution in [0.5, 0.6) is 5.75 Å². The van der Waals surface area contributed by atoms with E-state index in [2.05, 4.69) is 61.2 Å². The molecule has 0 saturated carbocycles. The Morgan fingerprint density at radius 1 is 1.20 bits per heavy atom. The maximum absolute atomic E-state index is 5.86. The third-order valence-corrected chi connectivity index (χ3v) is 3.92. The van der Waals surface area contributed by atoms with Crippen LogP contribution in [0.2, 0.25) is 0 Å². The maximum atomic E-state index is 5.86. The first kappa shape index (κ1) is 15.5. The van der Waals surface area contributed by atoms with Crippen molar-refractivity contribution in [1.29, 1.82) is 0 Å². The van der Waals surface area contributed by atoms with Crippen molar-refractivity contribution >= 4 is 31.9 Å². The van der Waals surface area contributed by atoms with Crippen LogP contribution in [-0.2, 0) is 13.2 Å². The fourth-order valence-corrected chi connectivity index (χ4v) is 3.27. The molecule has 0 amide bonds. The van der Waals surface area contributed by atoms with Gasteiger partial charge in [-0.15, -0.1) is 0 Å². The van der Waals surface area contributed by atoms with Crippen LogP contribution >= 0.6 is 31.9 Å². The van der Waals surface area contributed by atoms with Gasteiger partial charge in [0.05, 0.1) is 8.95 Å². The summed E-state index contributed by atoms with van der Waals surface area (Å²) in [7, 11) is 0. The molecule has 0 aliphatic heterocycles. The number of pyridine rings is 1. The van der Waals surface area contributed by atoms with E-state index in [-0.39, 0.29) is 0 Å². The zero-order valence-electron chi connectivity index (χ0n) is 11.2. The van der Waals surface area contributed by atoms with Crippen molar-refractivity contribution in [2.45, 2.75) is 20.1 Å². The molecule has 0 radical (unpaired) electrons. The van der Waals surface area contributed by atoms with E-state index in [1.54, 1.807) is 12.4 Å². The van der Waals surface area contributed by atoms with Gasteiger partial charge in [0.1, 0.15) is 12.4 Å². The van der Waals surface area contributed by atoms with Crippen molar-refractivity contribution in [3.8, 4) is 5.75 Å². The van der Waals surface area contributed by atoms with Gasteiger partial charge in [0, 0.05) is 24.5 Å². The topological polar surface area (TPSA) is 34.1 Å². The smallest absolute Gasteiger partial charge is 0.148 e. The van der Waals surface area contributed by atoms with Crippen LogP contribution in [0.15, 0.2) is 45.6 Å². The van der Waals surface area contributed by atoms with Crippen LogP contribution in [-0.4, -0.2) is 11.5 Å². The summed E-state index contributed by atoms with van der Waals surface area (Å²) >= 11 is 7.13. The molecule has 106 valence electrons. The minimum atomic E-state index is 0.498. The van der Waals surface area contributed by atoms with Crippen molar-refractivity contribution in [2.75, 3.05) is 6.54 Å². The second-order valence-electron chi connectivity index (χ2n) is 4.32. The average molecular weight is 400 g/mol. The number of ether oxygens (including phenoxy) is 1. The van der Waals surface area contributed by atoms with Gasteiger partial charge in [-0.05, 0) is 62.2 Å². The lowest BCUT2D eigenvalue weighted by Crippen LogP contribution is -2.11. The summed E-state index contributed by atoms with van der Waals surface area (Å²) in [5, 5.41) is 3.31. The van der Waals surface area contributed by atoms with E-state index in [1.165, 1.54) is 5.56 Å². The van der Waals surface area contributed by atoms with Crippen molar-refractivity contribution in [3.63, 3.8) is 0 Å². The van der Waals surface area contributed by atoms with E-state index in [0.717, 1.165) is 33.3 Å². The predicted molar refractivity (Wildman–Crippen MR) is 87.8 cm³/mol. The summed E-state index contributed by atoms with van der Waals surface area (Å²) < 4.78 is 7.75. The van der Waals surface area contributed by atoms with Crippen LogP contribution in [0, 0.1) is 0 Å². The Labute approximate surface area is 136 Å². The van der Waals surface area contributed by atoms with Gasteiger partial charge in [0.15, 0.2) is 0 Å². The molecule has 2 rings (SSSR count). The Hall–Kier alpha value is -0.910. The molecule has 0 bridgehead atoms. The van der Waals surface area contributed by atoms with Gasteiger partial charge in [-0.2, -0.15) is 0 Å². The van der Waals surface area contributed by atoms with Crippen LogP contribution in [0.4, 0.5) is 0 Å². The van der Waals surface area contributed by atoms with Gasteiger partial charge in [0.25, 0.3) is 0 Å². The average Bonchev–Trinajstić information content (AvgIpc) is 2.45. The molecule has 1 aromatic carbocycles. The highest BCUT2D eigenvalue weighted by Gasteiger charge is 2.09. The standard InChI is InChI=1S/C15H16Br2N2O/c1-2-18-9-12-6-13(16)15(14(17)7-12)20-10-11-4-3-5-19-8-11/h3-8,18H,2,9-10H2,1H3. The highest BCUT2D eigenvalue weighted by Crippen LogP contribution is 2.35. The lowest BCUT2D eigenvalue weighted by atomic mass is 10.2. The van der Waals surface area contributed by atoms with Gasteiger partial charge in [-0.25, -0.2) is 0 Å². The fourth-order valence-electron chi connectivity index (χ4n) is 1.76. The molecule has 1 heterocycles. The zero-order valence-corrected chi connectivity index (χ0v) is 14.4. The number of rotatable bonds is 6. The highest BCUT2D eigenvalue weighted by molar-refractivity contribution is 9.11. The summed E-state index contributed by atoms with van der Waals surface area (Å²) in [5.74, 6) is 0.814. The van der Waals surface area contributed by atoms with E-state index in [4.69, 9.17) is 4.74 Å². The summed E-state index contributed by atoms with van der Waals surface area (Å²) in [6.45, 7) is 4.39. The molecule has 0 saturated heterocycles. The molecule has 20 heavy (non-hydrogen) atoms. The van der Waals surface area contributed by atoms with E-state index in [0.29, 0.717) is 6.61 Å². The Kier molecular flexibility index (Phi) is 6.01. The summed E-state index contributed by atoms with van der Waals surface area (Å²) in [6, 6.07) is 8.05. The Morgan fingerprint density at radius 3 is 2.55 bits per heavy atom. The van der Waals surface area contributed by atoms with E-state index < -0.39 is 0 Å². The molecule has 0 spiro atoms. The van der Waals surface area contributed by atoms with Gasteiger partial charge in [-0.3, -0.25) is 4.98 Å². The van der Waals surface area contributed by atoms with Crippen LogP contribution in [0.25, 0.3) is 0 Å². The summed E-state index contributed by atoms with van der Waals surface area (Å²) in [5.41, 5.74) is 2.25. The molecular weight excluding hydrogens is 384 g/mol. The molecule has 2 aromatic rings. The minimum absolute atomic E-state index is 0.498. The Morgan fingerprint density at radius 2 is 1.95 bits per heavy atom.